The molecule has 7 heteroatoms. The second-order valence-corrected chi connectivity index (χ2v) is 7.76. The number of amides is 1. The van der Waals surface area contributed by atoms with E-state index in [1.165, 1.54) is 6.07 Å². The Morgan fingerprint density at radius 3 is 2.77 bits per heavy atom. The van der Waals surface area contributed by atoms with Gasteiger partial charge in [-0.25, -0.2) is 4.39 Å². The van der Waals surface area contributed by atoms with Crippen molar-refractivity contribution in [1.82, 2.24) is 10.2 Å². The maximum Gasteiger partial charge on any atom is 0.226 e. The molecule has 0 unspecified atom stereocenters. The number of carbonyl (C=O) groups excluding carboxylic acids is 1. The first-order valence-electron chi connectivity index (χ1n) is 10.4. The number of hydrogen-bond acceptors (Lipinski definition) is 5. The molecule has 0 bridgehead atoms. The highest BCUT2D eigenvalue weighted by Gasteiger charge is 2.26. The van der Waals surface area contributed by atoms with Crippen LogP contribution in [0.2, 0.25) is 0 Å². The molecule has 0 spiro atoms. The van der Waals surface area contributed by atoms with Gasteiger partial charge in [0.25, 0.3) is 0 Å². The number of carbonyl (C=O) groups is 1. The zero-order valence-corrected chi connectivity index (χ0v) is 17.3. The van der Waals surface area contributed by atoms with Crippen LogP contribution >= 0.6 is 0 Å². The standard InChI is InChI=1S/C23H28FN3O3/c1-29-19-6-7-22-17(15-19)14-18(16-30-22)23(28)25-8-9-26-10-12-27(13-11-26)21-5-3-2-4-20(21)24/h2-7,15,18H,8-14,16H2,1H3,(H,25,28)/t18-/m1/s1. The van der Waals surface area contributed by atoms with E-state index in [-0.39, 0.29) is 17.6 Å². The molecule has 0 aromatic heterocycles. The zero-order chi connectivity index (χ0) is 20.9. The third-order valence-corrected chi connectivity index (χ3v) is 5.84. The van der Waals surface area contributed by atoms with E-state index in [0.717, 1.165) is 49.8 Å². The number of para-hydroxylation sites is 1. The van der Waals surface area contributed by atoms with Gasteiger partial charge >= 0.3 is 0 Å². The Bertz CT molecular complexity index is 884. The number of piperazine rings is 1. The molecule has 6 nitrogen and oxygen atoms in total. The SMILES string of the molecule is COc1ccc2c(c1)C[C@@H](C(=O)NCCN1CCN(c3ccccc3F)CC1)CO2. The Labute approximate surface area is 176 Å². The smallest absolute Gasteiger partial charge is 0.226 e. The van der Waals surface area contributed by atoms with E-state index >= 15 is 0 Å². The summed E-state index contributed by atoms with van der Waals surface area (Å²) in [5.74, 6) is 1.25. The lowest BCUT2D eigenvalue weighted by atomic mass is 9.96. The van der Waals surface area contributed by atoms with E-state index < -0.39 is 0 Å². The fourth-order valence-electron chi connectivity index (χ4n) is 4.07. The number of hydrogen-bond donors (Lipinski definition) is 1. The quantitative estimate of drug-likeness (QED) is 0.788. The fourth-order valence-corrected chi connectivity index (χ4v) is 4.07. The van der Waals surface area contributed by atoms with Gasteiger partial charge in [-0.15, -0.1) is 0 Å². The van der Waals surface area contributed by atoms with E-state index in [1.807, 2.05) is 30.3 Å². The molecule has 1 N–H and O–H groups in total. The van der Waals surface area contributed by atoms with Crippen LogP contribution in [-0.4, -0.2) is 63.8 Å². The number of halogens is 1. The molecular weight excluding hydrogens is 385 g/mol. The largest absolute Gasteiger partial charge is 0.497 e. The summed E-state index contributed by atoms with van der Waals surface area (Å²) < 4.78 is 25.0. The van der Waals surface area contributed by atoms with Crippen molar-refractivity contribution in [1.29, 1.82) is 0 Å². The summed E-state index contributed by atoms with van der Waals surface area (Å²) in [6.45, 7) is 5.04. The molecule has 2 aromatic carbocycles. The molecule has 2 aliphatic heterocycles. The molecular formula is C23H28FN3O3. The van der Waals surface area contributed by atoms with Crippen LogP contribution in [0.3, 0.4) is 0 Å². The highest BCUT2D eigenvalue weighted by Crippen LogP contribution is 2.30. The topological polar surface area (TPSA) is 54.0 Å². The lowest BCUT2D eigenvalue weighted by Crippen LogP contribution is -2.49. The number of ether oxygens (including phenoxy) is 2. The number of methoxy groups -OCH3 is 1. The molecule has 0 radical (unpaired) electrons. The van der Waals surface area contributed by atoms with Gasteiger partial charge in [-0.1, -0.05) is 12.1 Å². The lowest BCUT2D eigenvalue weighted by molar-refractivity contribution is -0.126. The Morgan fingerprint density at radius 1 is 1.20 bits per heavy atom. The summed E-state index contributed by atoms with van der Waals surface area (Å²) in [5, 5.41) is 3.05. The van der Waals surface area contributed by atoms with Crippen molar-refractivity contribution in [2.75, 3.05) is 57.9 Å². The third kappa shape index (κ3) is 4.67. The summed E-state index contributed by atoms with van der Waals surface area (Å²) in [4.78, 5) is 17.0. The van der Waals surface area contributed by atoms with Gasteiger partial charge in [0.15, 0.2) is 0 Å². The predicted octanol–water partition coefficient (Wildman–Crippen LogP) is 2.32. The summed E-state index contributed by atoms with van der Waals surface area (Å²) in [6.07, 6.45) is 0.652. The summed E-state index contributed by atoms with van der Waals surface area (Å²) in [7, 11) is 1.63. The Morgan fingerprint density at radius 2 is 2.00 bits per heavy atom. The maximum absolute atomic E-state index is 14.0. The second-order valence-electron chi connectivity index (χ2n) is 7.76. The lowest BCUT2D eigenvalue weighted by Gasteiger charge is -2.36. The van der Waals surface area contributed by atoms with Crippen LogP contribution in [0.5, 0.6) is 11.5 Å². The number of nitrogens with zero attached hydrogens (tertiary/aromatic N) is 2. The monoisotopic (exact) mass is 413 g/mol. The fraction of sp³-hybridized carbons (Fsp3) is 0.435. The van der Waals surface area contributed by atoms with Crippen molar-refractivity contribution in [3.05, 3.63) is 53.8 Å². The van der Waals surface area contributed by atoms with Crippen molar-refractivity contribution in [2.24, 2.45) is 5.92 Å². The number of nitrogens with one attached hydrogen (secondary N) is 1. The van der Waals surface area contributed by atoms with Crippen LogP contribution in [0.25, 0.3) is 0 Å². The van der Waals surface area contributed by atoms with E-state index in [4.69, 9.17) is 9.47 Å². The Kier molecular flexibility index (Phi) is 6.38. The van der Waals surface area contributed by atoms with Gasteiger partial charge in [-0.3, -0.25) is 9.69 Å². The maximum atomic E-state index is 14.0. The zero-order valence-electron chi connectivity index (χ0n) is 17.3. The molecule has 160 valence electrons. The Balaban J connectivity index is 1.21. The molecule has 1 amide bonds. The van der Waals surface area contributed by atoms with Crippen LogP contribution in [-0.2, 0) is 11.2 Å². The minimum Gasteiger partial charge on any atom is -0.497 e. The normalized spacial score (nSPS) is 19.0. The van der Waals surface area contributed by atoms with Crippen molar-refractivity contribution < 1.29 is 18.7 Å². The number of anilines is 1. The molecule has 2 heterocycles. The van der Waals surface area contributed by atoms with E-state index in [2.05, 4.69) is 15.1 Å². The van der Waals surface area contributed by atoms with Gasteiger partial charge in [-0.2, -0.15) is 0 Å². The van der Waals surface area contributed by atoms with Gasteiger partial charge in [-0.05, 0) is 42.3 Å². The molecule has 2 aliphatic rings. The van der Waals surface area contributed by atoms with Crippen LogP contribution in [0, 0.1) is 11.7 Å². The van der Waals surface area contributed by atoms with Gasteiger partial charge < -0.3 is 19.7 Å². The van der Waals surface area contributed by atoms with Crippen LogP contribution in [0.1, 0.15) is 5.56 Å². The average molecular weight is 413 g/mol. The predicted molar refractivity (Wildman–Crippen MR) is 114 cm³/mol. The minimum atomic E-state index is -0.192. The van der Waals surface area contributed by atoms with Gasteiger partial charge in [0.05, 0.1) is 18.7 Å². The van der Waals surface area contributed by atoms with Crippen LogP contribution in [0.15, 0.2) is 42.5 Å². The van der Waals surface area contributed by atoms with Crippen molar-refractivity contribution in [3.8, 4) is 11.5 Å². The molecule has 2 aromatic rings. The number of rotatable bonds is 6. The van der Waals surface area contributed by atoms with Gasteiger partial charge in [0.2, 0.25) is 5.91 Å². The molecule has 1 fully saturated rings. The summed E-state index contributed by atoms with van der Waals surface area (Å²) in [5.41, 5.74) is 1.67. The van der Waals surface area contributed by atoms with Gasteiger partial charge in [0, 0.05) is 39.3 Å². The number of fused-ring (bicyclic) bond motifs is 1. The second kappa shape index (κ2) is 9.34. The molecule has 1 saturated heterocycles. The molecule has 1 atom stereocenters. The molecule has 0 saturated carbocycles. The average Bonchev–Trinajstić information content (AvgIpc) is 2.79. The minimum absolute atomic E-state index is 0.0217. The van der Waals surface area contributed by atoms with Crippen molar-refractivity contribution in [2.45, 2.75) is 6.42 Å². The van der Waals surface area contributed by atoms with Crippen LogP contribution in [0.4, 0.5) is 10.1 Å². The summed E-state index contributed by atoms with van der Waals surface area (Å²) in [6, 6.07) is 12.6. The van der Waals surface area contributed by atoms with Gasteiger partial charge in [0.1, 0.15) is 23.9 Å². The highest BCUT2D eigenvalue weighted by atomic mass is 19.1. The van der Waals surface area contributed by atoms with Crippen molar-refractivity contribution in [3.63, 3.8) is 0 Å². The first-order chi connectivity index (χ1) is 14.6. The van der Waals surface area contributed by atoms with E-state index in [1.54, 1.807) is 13.2 Å². The number of benzene rings is 2. The molecule has 4 rings (SSSR count). The van der Waals surface area contributed by atoms with Crippen LogP contribution < -0.4 is 19.7 Å². The van der Waals surface area contributed by atoms with Crippen molar-refractivity contribution >= 4 is 11.6 Å². The Hall–Kier alpha value is -2.80. The van der Waals surface area contributed by atoms with E-state index in [9.17, 15) is 9.18 Å². The first kappa shape index (κ1) is 20.5. The highest BCUT2D eigenvalue weighted by molar-refractivity contribution is 5.79. The third-order valence-electron chi connectivity index (χ3n) is 5.84. The van der Waals surface area contributed by atoms with E-state index in [0.29, 0.717) is 25.3 Å². The summed E-state index contributed by atoms with van der Waals surface area (Å²) >= 11 is 0. The molecule has 0 aliphatic carbocycles. The molecule has 30 heavy (non-hydrogen) atoms. The first-order valence-corrected chi connectivity index (χ1v) is 10.4.